The first kappa shape index (κ1) is 11.8. The lowest BCUT2D eigenvalue weighted by molar-refractivity contribution is -0.193. The molecule has 1 rings (SSSR count). The molecule has 5 heteroatoms. The van der Waals surface area contributed by atoms with Crippen molar-refractivity contribution in [3.8, 4) is 0 Å². The molecule has 0 bridgehead atoms. The van der Waals surface area contributed by atoms with Crippen molar-refractivity contribution in [1.29, 1.82) is 0 Å². The molecule has 0 aromatic carbocycles. The molecule has 0 heterocycles. The summed E-state index contributed by atoms with van der Waals surface area (Å²) in [5.74, 6) is 0.461. The van der Waals surface area contributed by atoms with Gasteiger partial charge in [0.1, 0.15) is 0 Å². The first-order valence-electron chi connectivity index (χ1n) is 4.93. The highest BCUT2D eigenvalue weighted by atomic mass is 19.4. The van der Waals surface area contributed by atoms with E-state index in [1.807, 2.05) is 6.92 Å². The lowest BCUT2D eigenvalue weighted by atomic mass is 10.0. The zero-order valence-electron chi connectivity index (χ0n) is 8.23. The fourth-order valence-corrected chi connectivity index (χ4v) is 1.81. The first-order valence-corrected chi connectivity index (χ1v) is 4.93. The van der Waals surface area contributed by atoms with Crippen molar-refractivity contribution in [3.05, 3.63) is 0 Å². The molecule has 84 valence electrons. The van der Waals surface area contributed by atoms with Crippen LogP contribution in [-0.4, -0.2) is 18.8 Å². The zero-order valence-corrected chi connectivity index (χ0v) is 8.23. The van der Waals surface area contributed by atoms with E-state index in [9.17, 15) is 13.2 Å². The van der Waals surface area contributed by atoms with E-state index < -0.39 is 12.8 Å². The number of hydrogen-bond acceptors (Lipinski definition) is 2. The Kier molecular flexibility index (Phi) is 4.19. The number of alkyl halides is 3. The molecule has 0 radical (unpaired) electrons. The van der Waals surface area contributed by atoms with Crippen LogP contribution in [0.3, 0.4) is 0 Å². The standard InChI is InChI=1S/C9H16F3NO/c1-7(8-4-2-3-5-8)13-14-6-9(10,11)12/h7-8,13H,2-6H2,1H3. The van der Waals surface area contributed by atoms with Gasteiger partial charge in [0.05, 0.1) is 0 Å². The van der Waals surface area contributed by atoms with E-state index in [1.165, 1.54) is 12.8 Å². The van der Waals surface area contributed by atoms with Crippen molar-refractivity contribution in [1.82, 2.24) is 5.48 Å². The Labute approximate surface area is 81.8 Å². The summed E-state index contributed by atoms with van der Waals surface area (Å²) in [7, 11) is 0. The second-order valence-electron chi connectivity index (χ2n) is 3.85. The predicted octanol–water partition coefficient (Wildman–Crippen LogP) is 2.65. The summed E-state index contributed by atoms with van der Waals surface area (Å²) >= 11 is 0. The molecule has 0 aliphatic heterocycles. The van der Waals surface area contributed by atoms with Gasteiger partial charge in [0.15, 0.2) is 6.61 Å². The summed E-state index contributed by atoms with van der Waals surface area (Å²) in [5.41, 5.74) is 2.46. The number of hydrogen-bond donors (Lipinski definition) is 1. The third-order valence-corrected chi connectivity index (χ3v) is 2.61. The minimum atomic E-state index is -4.25. The molecule has 0 amide bonds. The van der Waals surface area contributed by atoms with Crippen LogP contribution in [0.2, 0.25) is 0 Å². The Hall–Kier alpha value is -0.290. The van der Waals surface area contributed by atoms with Gasteiger partial charge in [0.2, 0.25) is 0 Å². The normalized spacial score (nSPS) is 21.4. The van der Waals surface area contributed by atoms with Gasteiger partial charge in [-0.1, -0.05) is 12.8 Å². The third kappa shape index (κ3) is 4.28. The van der Waals surface area contributed by atoms with Crippen LogP contribution in [0.25, 0.3) is 0 Å². The summed E-state index contributed by atoms with van der Waals surface area (Å²) in [6, 6.07) is 0.0137. The van der Waals surface area contributed by atoms with Gasteiger partial charge in [-0.15, -0.1) is 0 Å². The van der Waals surface area contributed by atoms with Crippen LogP contribution in [0, 0.1) is 5.92 Å². The fourth-order valence-electron chi connectivity index (χ4n) is 1.81. The largest absolute Gasteiger partial charge is 0.413 e. The molecule has 1 unspecified atom stereocenters. The number of halogens is 3. The van der Waals surface area contributed by atoms with Crippen LogP contribution in [0.5, 0.6) is 0 Å². The minimum absolute atomic E-state index is 0.0137. The second-order valence-corrected chi connectivity index (χ2v) is 3.85. The minimum Gasteiger partial charge on any atom is -0.292 e. The molecule has 0 spiro atoms. The number of rotatable bonds is 4. The van der Waals surface area contributed by atoms with Gasteiger partial charge in [0, 0.05) is 6.04 Å². The van der Waals surface area contributed by atoms with Crippen molar-refractivity contribution in [2.75, 3.05) is 6.61 Å². The molecule has 14 heavy (non-hydrogen) atoms. The molecule has 1 fully saturated rings. The lowest BCUT2D eigenvalue weighted by Gasteiger charge is -2.20. The Bertz CT molecular complexity index is 166. The maximum atomic E-state index is 11.7. The summed E-state index contributed by atoms with van der Waals surface area (Å²) in [5, 5.41) is 0. The summed E-state index contributed by atoms with van der Waals surface area (Å²) < 4.78 is 35.2. The predicted molar refractivity (Wildman–Crippen MR) is 46.6 cm³/mol. The molecule has 0 aromatic rings. The Morgan fingerprint density at radius 2 is 1.93 bits per heavy atom. The average Bonchev–Trinajstić information content (AvgIpc) is 2.53. The molecule has 1 N–H and O–H groups in total. The molecule has 1 aliphatic carbocycles. The SMILES string of the molecule is CC(NOCC(F)(F)F)C1CCCC1. The number of nitrogens with one attached hydrogen (secondary N) is 1. The van der Waals surface area contributed by atoms with Crippen LogP contribution in [-0.2, 0) is 4.84 Å². The highest BCUT2D eigenvalue weighted by molar-refractivity contribution is 4.74. The van der Waals surface area contributed by atoms with E-state index in [2.05, 4.69) is 10.3 Å². The van der Waals surface area contributed by atoms with Crippen molar-refractivity contribution >= 4 is 0 Å². The molecule has 1 saturated carbocycles. The van der Waals surface area contributed by atoms with Crippen molar-refractivity contribution < 1.29 is 18.0 Å². The van der Waals surface area contributed by atoms with Crippen LogP contribution in [0.15, 0.2) is 0 Å². The molecule has 0 saturated heterocycles. The van der Waals surface area contributed by atoms with E-state index >= 15 is 0 Å². The molecular weight excluding hydrogens is 195 g/mol. The van der Waals surface area contributed by atoms with Crippen LogP contribution in [0.4, 0.5) is 13.2 Å². The van der Waals surface area contributed by atoms with E-state index in [0.717, 1.165) is 12.8 Å². The Morgan fingerprint density at radius 3 is 2.43 bits per heavy atom. The lowest BCUT2D eigenvalue weighted by Crippen LogP contribution is -2.35. The van der Waals surface area contributed by atoms with Crippen LogP contribution in [0.1, 0.15) is 32.6 Å². The smallest absolute Gasteiger partial charge is 0.292 e. The van der Waals surface area contributed by atoms with E-state index in [4.69, 9.17) is 0 Å². The van der Waals surface area contributed by atoms with Gasteiger partial charge >= 0.3 is 6.18 Å². The van der Waals surface area contributed by atoms with Crippen molar-refractivity contribution in [2.24, 2.45) is 5.92 Å². The maximum absolute atomic E-state index is 11.7. The van der Waals surface area contributed by atoms with Crippen LogP contribution < -0.4 is 5.48 Å². The maximum Gasteiger partial charge on any atom is 0.413 e. The van der Waals surface area contributed by atoms with Gasteiger partial charge in [-0.2, -0.15) is 18.7 Å². The summed E-state index contributed by atoms with van der Waals surface area (Å²) in [4.78, 5) is 4.40. The monoisotopic (exact) mass is 211 g/mol. The average molecular weight is 211 g/mol. The summed E-state index contributed by atoms with van der Waals surface area (Å²) in [6.07, 6.45) is 0.279. The topological polar surface area (TPSA) is 21.3 Å². The Morgan fingerprint density at radius 1 is 1.36 bits per heavy atom. The fraction of sp³-hybridized carbons (Fsp3) is 1.00. The molecule has 1 atom stereocenters. The van der Waals surface area contributed by atoms with Gasteiger partial charge in [-0.05, 0) is 25.7 Å². The summed E-state index contributed by atoms with van der Waals surface area (Å²) in [6.45, 7) is 0.649. The van der Waals surface area contributed by atoms with E-state index in [1.54, 1.807) is 0 Å². The molecular formula is C9H16F3NO. The van der Waals surface area contributed by atoms with E-state index in [-0.39, 0.29) is 6.04 Å². The van der Waals surface area contributed by atoms with Crippen molar-refractivity contribution in [3.63, 3.8) is 0 Å². The van der Waals surface area contributed by atoms with E-state index in [0.29, 0.717) is 5.92 Å². The van der Waals surface area contributed by atoms with Gasteiger partial charge in [-0.25, -0.2) is 0 Å². The van der Waals surface area contributed by atoms with Crippen LogP contribution >= 0.6 is 0 Å². The quantitative estimate of drug-likeness (QED) is 0.722. The highest BCUT2D eigenvalue weighted by Gasteiger charge is 2.29. The first-order chi connectivity index (χ1) is 6.49. The van der Waals surface area contributed by atoms with Gasteiger partial charge in [0.25, 0.3) is 0 Å². The second kappa shape index (κ2) is 4.98. The van der Waals surface area contributed by atoms with Crippen molar-refractivity contribution in [2.45, 2.75) is 44.8 Å². The van der Waals surface area contributed by atoms with Gasteiger partial charge < -0.3 is 0 Å². The third-order valence-electron chi connectivity index (χ3n) is 2.61. The zero-order chi connectivity index (χ0) is 10.6. The molecule has 2 nitrogen and oxygen atoms in total. The van der Waals surface area contributed by atoms with Gasteiger partial charge in [-0.3, -0.25) is 4.84 Å². The Balaban J connectivity index is 2.11. The molecule has 1 aliphatic rings. The molecule has 0 aromatic heterocycles. The highest BCUT2D eigenvalue weighted by Crippen LogP contribution is 2.27. The number of hydroxylamine groups is 1.